The maximum atomic E-state index is 12.7. The lowest BCUT2D eigenvalue weighted by molar-refractivity contribution is -0.108. The fourth-order valence-corrected chi connectivity index (χ4v) is 5.68. The Bertz CT molecular complexity index is 1760. The van der Waals surface area contributed by atoms with Crippen molar-refractivity contribution in [3.05, 3.63) is 69.8 Å². The van der Waals surface area contributed by atoms with E-state index >= 15 is 0 Å². The Kier molecular flexibility index (Phi) is 3.73. The monoisotopic (exact) mass is 434 g/mol. The van der Waals surface area contributed by atoms with Crippen molar-refractivity contribution in [3.63, 3.8) is 0 Å². The van der Waals surface area contributed by atoms with Gasteiger partial charge in [-0.1, -0.05) is 18.2 Å². The van der Waals surface area contributed by atoms with E-state index in [4.69, 9.17) is 0 Å². The Hall–Kier alpha value is -4.32. The first-order valence-corrected chi connectivity index (χ1v) is 10.6. The van der Waals surface area contributed by atoms with Gasteiger partial charge in [0.1, 0.15) is 0 Å². The molecule has 6 heteroatoms. The van der Waals surface area contributed by atoms with E-state index in [0.717, 1.165) is 54.4 Å². The van der Waals surface area contributed by atoms with Crippen LogP contribution in [0.3, 0.4) is 0 Å². The van der Waals surface area contributed by atoms with Crippen LogP contribution in [-0.2, 0) is 4.79 Å². The van der Waals surface area contributed by atoms with Crippen LogP contribution in [0.4, 0.5) is 0 Å². The highest BCUT2D eigenvalue weighted by molar-refractivity contribution is 6.40. The molecule has 160 valence electrons. The minimum Gasteiger partial charge on any atom is -0.295 e. The van der Waals surface area contributed by atoms with Gasteiger partial charge in [-0.2, -0.15) is 0 Å². The van der Waals surface area contributed by atoms with Crippen molar-refractivity contribution in [2.75, 3.05) is 0 Å². The number of carbonyl (C=O) groups excluding carboxylic acids is 4. The lowest BCUT2D eigenvalue weighted by Crippen LogP contribution is -2.34. The van der Waals surface area contributed by atoms with E-state index < -0.39 is 17.7 Å². The topological polar surface area (TPSA) is 92.3 Å². The van der Waals surface area contributed by atoms with Crippen LogP contribution >= 0.6 is 0 Å². The fraction of sp³-hybridized carbons (Fsp3) is 0.111. The van der Waals surface area contributed by atoms with E-state index in [1.807, 2.05) is 45.0 Å². The van der Waals surface area contributed by atoms with Crippen LogP contribution in [0, 0.1) is 20.8 Å². The summed E-state index contributed by atoms with van der Waals surface area (Å²) in [7, 11) is 0. The smallest absolute Gasteiger partial charge is 0.258 e. The molecule has 0 saturated carbocycles. The summed E-state index contributed by atoms with van der Waals surface area (Å²) in [6.45, 7) is 5.94. The highest BCUT2D eigenvalue weighted by Crippen LogP contribution is 2.46. The van der Waals surface area contributed by atoms with Crippen molar-refractivity contribution in [2.45, 2.75) is 20.8 Å². The maximum absolute atomic E-state index is 12.7. The summed E-state index contributed by atoms with van der Waals surface area (Å²) < 4.78 is 0. The average molecular weight is 434 g/mol. The van der Waals surface area contributed by atoms with Crippen molar-refractivity contribution in [1.29, 1.82) is 0 Å². The second-order valence-corrected chi connectivity index (χ2v) is 8.70. The number of amides is 4. The van der Waals surface area contributed by atoms with Crippen LogP contribution in [0.15, 0.2) is 36.4 Å². The predicted molar refractivity (Wildman–Crippen MR) is 127 cm³/mol. The number of hydrogen-bond acceptors (Lipinski definition) is 4. The number of aryl methyl sites for hydroxylation is 3. The van der Waals surface area contributed by atoms with Gasteiger partial charge in [0.05, 0.1) is 0 Å². The standard InChI is InChI=1S/C27H18N2O4/c1-11-8-12(2)21-16(25(31)28-10-30)6-4-14-20-13(3)9-18-22-17(26(32)29-27(18)33)7-5-15(24(20)22)19(11)23(14)21/h4-10H,1-3H3,(H,28,30,31)(H,29,32,33). The zero-order valence-corrected chi connectivity index (χ0v) is 18.2. The minimum absolute atomic E-state index is 0.391. The number of carbonyl (C=O) groups is 4. The number of rotatable bonds is 2. The van der Waals surface area contributed by atoms with Crippen LogP contribution in [-0.4, -0.2) is 24.1 Å². The Morgan fingerprint density at radius 1 is 0.727 bits per heavy atom. The minimum atomic E-state index is -0.454. The zero-order chi connectivity index (χ0) is 23.2. The van der Waals surface area contributed by atoms with Crippen molar-refractivity contribution in [2.24, 2.45) is 0 Å². The van der Waals surface area contributed by atoms with Gasteiger partial charge in [-0.15, -0.1) is 0 Å². The van der Waals surface area contributed by atoms with Gasteiger partial charge >= 0.3 is 0 Å². The molecule has 4 amide bonds. The Labute approximate surface area is 187 Å². The van der Waals surface area contributed by atoms with Gasteiger partial charge < -0.3 is 0 Å². The van der Waals surface area contributed by atoms with Crippen molar-refractivity contribution >= 4 is 67.2 Å². The number of benzene rings is 5. The fourth-order valence-electron chi connectivity index (χ4n) is 5.68. The van der Waals surface area contributed by atoms with E-state index in [1.54, 1.807) is 12.1 Å². The van der Waals surface area contributed by atoms with Crippen LogP contribution < -0.4 is 10.6 Å². The molecule has 33 heavy (non-hydrogen) atoms. The van der Waals surface area contributed by atoms with Gasteiger partial charge in [-0.05, 0) is 93.4 Å². The van der Waals surface area contributed by atoms with Crippen molar-refractivity contribution < 1.29 is 19.2 Å². The van der Waals surface area contributed by atoms with E-state index in [9.17, 15) is 19.2 Å². The maximum Gasteiger partial charge on any atom is 0.258 e. The quantitative estimate of drug-likeness (QED) is 0.186. The molecular weight excluding hydrogens is 416 g/mol. The molecule has 0 aromatic heterocycles. The molecule has 6 rings (SSSR count). The SMILES string of the molecule is Cc1cc(C)c2c3ccc4c5c(cc(C)c(c6ccc(C(=O)NC=O)c1c62)c53)C(=O)NC4=O. The molecule has 2 N–H and O–H groups in total. The second kappa shape index (κ2) is 6.36. The van der Waals surface area contributed by atoms with E-state index in [2.05, 4.69) is 10.6 Å². The van der Waals surface area contributed by atoms with E-state index in [-0.39, 0.29) is 0 Å². The molecule has 1 aliphatic rings. The third-order valence-corrected chi connectivity index (χ3v) is 6.85. The van der Waals surface area contributed by atoms with E-state index in [0.29, 0.717) is 28.5 Å². The molecule has 1 heterocycles. The molecule has 1 aliphatic heterocycles. The molecule has 0 atom stereocenters. The predicted octanol–water partition coefficient (Wildman–Crippen LogP) is 4.43. The van der Waals surface area contributed by atoms with Gasteiger partial charge in [0.2, 0.25) is 6.41 Å². The summed E-state index contributed by atoms with van der Waals surface area (Å²) in [5.74, 6) is -1.24. The summed E-state index contributed by atoms with van der Waals surface area (Å²) in [6.07, 6.45) is 0.391. The number of fused-ring (bicyclic) bond motifs is 2. The number of hydrogen-bond donors (Lipinski definition) is 2. The first kappa shape index (κ1) is 19.4. The molecule has 0 unspecified atom stereocenters. The molecule has 0 fully saturated rings. The molecule has 0 spiro atoms. The first-order valence-electron chi connectivity index (χ1n) is 10.6. The van der Waals surface area contributed by atoms with Crippen LogP contribution in [0.2, 0.25) is 0 Å². The molecule has 0 aliphatic carbocycles. The number of nitrogens with one attached hydrogen (secondary N) is 2. The average Bonchev–Trinajstić information content (AvgIpc) is 2.77. The Morgan fingerprint density at radius 2 is 1.30 bits per heavy atom. The molecule has 0 saturated heterocycles. The summed E-state index contributed by atoms with van der Waals surface area (Å²) in [6, 6.07) is 11.2. The summed E-state index contributed by atoms with van der Waals surface area (Å²) in [4.78, 5) is 49.0. The third-order valence-electron chi connectivity index (χ3n) is 6.85. The zero-order valence-electron chi connectivity index (χ0n) is 18.2. The largest absolute Gasteiger partial charge is 0.295 e. The van der Waals surface area contributed by atoms with Crippen LogP contribution in [0.1, 0.15) is 47.8 Å². The molecule has 5 aromatic carbocycles. The van der Waals surface area contributed by atoms with Crippen LogP contribution in [0.5, 0.6) is 0 Å². The molecular formula is C27H18N2O4. The normalized spacial score (nSPS) is 13.3. The van der Waals surface area contributed by atoms with Gasteiger partial charge in [-0.25, -0.2) is 0 Å². The lowest BCUT2D eigenvalue weighted by Gasteiger charge is -2.24. The third kappa shape index (κ3) is 2.32. The van der Waals surface area contributed by atoms with Crippen molar-refractivity contribution in [1.82, 2.24) is 10.6 Å². The second-order valence-electron chi connectivity index (χ2n) is 8.70. The summed E-state index contributed by atoms with van der Waals surface area (Å²) >= 11 is 0. The highest BCUT2D eigenvalue weighted by Gasteiger charge is 2.29. The Morgan fingerprint density at radius 3 is 2.00 bits per heavy atom. The van der Waals surface area contributed by atoms with Gasteiger partial charge in [0.15, 0.2) is 0 Å². The number of imide groups is 2. The van der Waals surface area contributed by atoms with Gasteiger partial charge in [0.25, 0.3) is 17.7 Å². The molecule has 6 nitrogen and oxygen atoms in total. The molecule has 5 aromatic rings. The summed E-state index contributed by atoms with van der Waals surface area (Å²) in [5, 5.41) is 11.8. The molecule has 0 bridgehead atoms. The lowest BCUT2D eigenvalue weighted by atomic mass is 9.81. The Balaban J connectivity index is 1.96. The first-order chi connectivity index (χ1) is 15.8. The van der Waals surface area contributed by atoms with E-state index in [1.165, 1.54) is 0 Å². The summed E-state index contributed by atoms with van der Waals surface area (Å²) in [5.41, 5.74) is 4.29. The van der Waals surface area contributed by atoms with Gasteiger partial charge in [0, 0.05) is 22.1 Å². The highest BCUT2D eigenvalue weighted by atomic mass is 16.2. The van der Waals surface area contributed by atoms with Crippen molar-refractivity contribution in [3.8, 4) is 0 Å². The molecule has 0 radical (unpaired) electrons. The van der Waals surface area contributed by atoms with Gasteiger partial charge in [-0.3, -0.25) is 29.8 Å². The van der Waals surface area contributed by atoms with Crippen LogP contribution in [0.25, 0.3) is 43.1 Å².